The maximum atomic E-state index is 11.2. The summed E-state index contributed by atoms with van der Waals surface area (Å²) in [5.74, 6) is 0. The number of halogens is 10. The third-order valence-corrected chi connectivity index (χ3v) is 0.912. The first-order chi connectivity index (χ1) is 6.91. The van der Waals surface area contributed by atoms with E-state index < -0.39 is 38.0 Å². The van der Waals surface area contributed by atoms with E-state index in [0.29, 0.717) is 0 Å². The Balaban J connectivity index is 0. The van der Waals surface area contributed by atoms with Crippen molar-refractivity contribution >= 4 is 0 Å². The van der Waals surface area contributed by atoms with E-state index in [2.05, 4.69) is 0 Å². The van der Waals surface area contributed by atoms with Crippen LogP contribution in [0, 0.1) is 0 Å². The van der Waals surface area contributed by atoms with Crippen molar-refractivity contribution in [2.45, 2.75) is 31.4 Å². The molecule has 0 heterocycles. The first kappa shape index (κ1) is 17.7. The van der Waals surface area contributed by atoms with Crippen molar-refractivity contribution in [1.82, 2.24) is 0 Å². The van der Waals surface area contributed by atoms with E-state index in [1.807, 2.05) is 0 Å². The number of hydrogen-bond donors (Lipinski definition) is 0. The van der Waals surface area contributed by atoms with Crippen LogP contribution in [0.5, 0.6) is 0 Å². The van der Waals surface area contributed by atoms with Crippen molar-refractivity contribution in [3.63, 3.8) is 0 Å². The Morgan fingerprint density at radius 2 is 1.19 bits per heavy atom. The van der Waals surface area contributed by atoms with Crippen LogP contribution in [0.25, 0.3) is 0 Å². The summed E-state index contributed by atoms with van der Waals surface area (Å²) in [5, 5.41) is 0. The minimum absolute atomic E-state index is 1.32. The van der Waals surface area contributed by atoms with Gasteiger partial charge in [-0.3, -0.25) is 4.39 Å². The second-order valence-electron chi connectivity index (χ2n) is 2.33. The maximum absolute atomic E-state index is 11.2. The minimum atomic E-state index is -5.44. The smallest absolute Gasteiger partial charge is 0.251 e. The lowest BCUT2D eigenvalue weighted by molar-refractivity contribution is -0.211. The summed E-state index contributed by atoms with van der Waals surface area (Å²) in [4.78, 5) is 0. The van der Waals surface area contributed by atoms with Crippen LogP contribution in [-0.2, 0) is 0 Å². The zero-order valence-electron chi connectivity index (χ0n) is 7.35. The summed E-state index contributed by atoms with van der Waals surface area (Å²) in [7, 11) is 0. The Morgan fingerprint density at radius 1 is 0.812 bits per heavy atom. The molecule has 10 heteroatoms. The molecule has 16 heavy (non-hydrogen) atoms. The van der Waals surface area contributed by atoms with Gasteiger partial charge < -0.3 is 0 Å². The second-order valence-corrected chi connectivity index (χ2v) is 2.33. The average molecular weight is 268 g/mol. The summed E-state index contributed by atoms with van der Waals surface area (Å²) in [6, 6.07) is 0. The first-order valence-corrected chi connectivity index (χ1v) is 3.53. The molecule has 0 saturated heterocycles. The zero-order chi connectivity index (χ0) is 13.6. The van der Waals surface area contributed by atoms with Crippen molar-refractivity contribution in [2.24, 2.45) is 0 Å². The van der Waals surface area contributed by atoms with E-state index in [1.54, 1.807) is 0 Å². The molecule has 0 saturated carbocycles. The first-order valence-electron chi connectivity index (χ1n) is 3.53. The molecule has 0 radical (unpaired) electrons. The van der Waals surface area contributed by atoms with Crippen LogP contribution in [-0.4, -0.2) is 31.6 Å². The number of alkyl halides is 10. The molecule has 100 valence electrons. The molecule has 1 unspecified atom stereocenters. The largest absolute Gasteiger partial charge is 0.425 e. The van der Waals surface area contributed by atoms with E-state index in [4.69, 9.17) is 0 Å². The Morgan fingerprint density at radius 3 is 1.19 bits per heavy atom. The number of hydrogen-bond acceptors (Lipinski definition) is 0. The standard InChI is InChI=1S/C3H2F6.C3H4F4/c4-1(2(5)6)3(7,8)9;4-2-1-3(5,6)7/h1-2H;1-2H2. The fourth-order valence-corrected chi connectivity index (χ4v) is 0.250. The van der Waals surface area contributed by atoms with Crippen molar-refractivity contribution in [3.8, 4) is 0 Å². The molecule has 0 spiro atoms. The maximum Gasteiger partial charge on any atom is 0.425 e. The van der Waals surface area contributed by atoms with Crippen molar-refractivity contribution in [1.29, 1.82) is 0 Å². The molecule has 0 nitrogen and oxygen atoms in total. The van der Waals surface area contributed by atoms with Crippen molar-refractivity contribution in [2.75, 3.05) is 6.67 Å². The van der Waals surface area contributed by atoms with Crippen LogP contribution in [0.1, 0.15) is 6.42 Å². The predicted octanol–water partition coefficient (Wildman–Crippen LogP) is 4.06. The molecule has 0 amide bonds. The molecular formula is C6H6F10. The van der Waals surface area contributed by atoms with Gasteiger partial charge in [0.05, 0.1) is 13.1 Å². The highest BCUT2D eigenvalue weighted by atomic mass is 19.4. The highest BCUT2D eigenvalue weighted by molar-refractivity contribution is 4.67. The summed E-state index contributed by atoms with van der Waals surface area (Å²) in [6.07, 6.45) is -19.1. The molecule has 1 atom stereocenters. The van der Waals surface area contributed by atoms with Crippen LogP contribution < -0.4 is 0 Å². The molecule has 0 N–H and O–H groups in total. The van der Waals surface area contributed by atoms with Gasteiger partial charge in [0, 0.05) is 0 Å². The monoisotopic (exact) mass is 268 g/mol. The highest BCUT2D eigenvalue weighted by Gasteiger charge is 2.46. The molecule has 0 aliphatic rings. The fourth-order valence-electron chi connectivity index (χ4n) is 0.250. The zero-order valence-corrected chi connectivity index (χ0v) is 7.35. The Kier molecular flexibility index (Phi) is 7.51. The Labute approximate surface area is 83.2 Å². The van der Waals surface area contributed by atoms with E-state index in [1.165, 1.54) is 0 Å². The van der Waals surface area contributed by atoms with Gasteiger partial charge in [0.2, 0.25) is 0 Å². The van der Waals surface area contributed by atoms with E-state index in [9.17, 15) is 43.9 Å². The summed E-state index contributed by atoms with van der Waals surface area (Å²) in [5.41, 5.74) is 0. The van der Waals surface area contributed by atoms with Gasteiger partial charge in [0.25, 0.3) is 12.6 Å². The molecule has 0 aliphatic heterocycles. The Hall–Kier alpha value is -0.700. The van der Waals surface area contributed by atoms with Gasteiger partial charge >= 0.3 is 12.4 Å². The van der Waals surface area contributed by atoms with Crippen LogP contribution in [0.2, 0.25) is 0 Å². The average Bonchev–Trinajstić information content (AvgIpc) is 1.99. The van der Waals surface area contributed by atoms with Gasteiger partial charge in [0.1, 0.15) is 0 Å². The molecule has 0 bridgehead atoms. The van der Waals surface area contributed by atoms with Crippen molar-refractivity contribution in [3.05, 3.63) is 0 Å². The summed E-state index contributed by atoms with van der Waals surface area (Å²) < 4.78 is 109. The van der Waals surface area contributed by atoms with Crippen LogP contribution in [0.3, 0.4) is 0 Å². The molecular weight excluding hydrogens is 262 g/mol. The normalized spacial score (nSPS) is 14.4. The third kappa shape index (κ3) is 11.4. The lowest BCUT2D eigenvalue weighted by Gasteiger charge is -2.09. The lowest BCUT2D eigenvalue weighted by atomic mass is 10.4. The topological polar surface area (TPSA) is 0 Å². The van der Waals surface area contributed by atoms with Gasteiger partial charge in [-0.05, 0) is 0 Å². The SMILES string of the molecule is FC(F)C(F)C(F)(F)F.FCCC(F)(F)F. The summed E-state index contributed by atoms with van der Waals surface area (Å²) in [6.45, 7) is -1.32. The van der Waals surface area contributed by atoms with E-state index in [-0.39, 0.29) is 0 Å². The minimum Gasteiger partial charge on any atom is -0.251 e. The fraction of sp³-hybridized carbons (Fsp3) is 1.00. The predicted molar refractivity (Wildman–Crippen MR) is 33.6 cm³/mol. The quantitative estimate of drug-likeness (QED) is 0.662. The van der Waals surface area contributed by atoms with Gasteiger partial charge in [-0.15, -0.1) is 0 Å². The molecule has 0 aliphatic carbocycles. The van der Waals surface area contributed by atoms with Gasteiger partial charge in [-0.1, -0.05) is 0 Å². The molecule has 0 aromatic carbocycles. The van der Waals surface area contributed by atoms with E-state index in [0.717, 1.165) is 0 Å². The van der Waals surface area contributed by atoms with Crippen LogP contribution >= 0.6 is 0 Å². The molecule has 0 aromatic heterocycles. The molecule has 0 aromatic rings. The van der Waals surface area contributed by atoms with Gasteiger partial charge in [-0.25, -0.2) is 13.2 Å². The van der Waals surface area contributed by atoms with Crippen LogP contribution in [0.15, 0.2) is 0 Å². The van der Waals surface area contributed by atoms with Crippen LogP contribution in [0.4, 0.5) is 43.9 Å². The third-order valence-electron chi connectivity index (χ3n) is 0.912. The van der Waals surface area contributed by atoms with Crippen molar-refractivity contribution < 1.29 is 43.9 Å². The highest BCUT2D eigenvalue weighted by Crippen LogP contribution is 2.27. The van der Waals surface area contributed by atoms with E-state index >= 15 is 0 Å². The number of rotatable bonds is 2. The molecule has 0 rings (SSSR count). The second kappa shape index (κ2) is 6.79. The van der Waals surface area contributed by atoms with Gasteiger partial charge in [-0.2, -0.15) is 26.3 Å². The Bertz CT molecular complexity index is 167. The van der Waals surface area contributed by atoms with Gasteiger partial charge in [0.15, 0.2) is 0 Å². The summed E-state index contributed by atoms with van der Waals surface area (Å²) >= 11 is 0. The molecule has 0 fully saturated rings. The lowest BCUT2D eigenvalue weighted by Crippen LogP contribution is -2.30.